The summed E-state index contributed by atoms with van der Waals surface area (Å²) in [5, 5.41) is 35.4. The number of aliphatic carboxylic acids is 3. The van der Waals surface area contributed by atoms with Gasteiger partial charge < -0.3 is 46.0 Å². The number of rotatable bonds is 6. The molecule has 49 heavy (non-hydrogen) atoms. The maximum atomic E-state index is 12.8. The van der Waals surface area contributed by atoms with Gasteiger partial charge in [0.05, 0.1) is 0 Å². The number of halogens is 6. The van der Waals surface area contributed by atoms with Crippen molar-refractivity contribution in [2.45, 2.75) is 29.8 Å². The molecule has 272 valence electrons. The van der Waals surface area contributed by atoms with Crippen molar-refractivity contribution in [2.24, 2.45) is 5.73 Å². The molecule has 2 unspecified atom stereocenters. The Balaban J connectivity index is 0.000000500. The highest BCUT2D eigenvalue weighted by Crippen LogP contribution is 2.40. The number of amides is 3. The molecule has 3 amide bonds. The van der Waals surface area contributed by atoms with Crippen LogP contribution < -0.4 is 11.1 Å². The van der Waals surface area contributed by atoms with Crippen LogP contribution in [0.3, 0.4) is 0 Å². The van der Waals surface area contributed by atoms with Gasteiger partial charge in [0.1, 0.15) is 35.5 Å². The SMILES string of the molecule is CN1CCN(C(=O)OCC2=C(C(=O)O)N3C(=O)C(NC(=O)C(N)c4ccc(O)cc4)[C@@H]3SC2)CC1.O=C(O)C(F)(F)F.O=C(O)C(F)(F)F. The molecule has 0 spiro atoms. The smallest absolute Gasteiger partial charge is 0.490 e. The van der Waals surface area contributed by atoms with Gasteiger partial charge in [-0.2, -0.15) is 26.3 Å². The Labute approximate surface area is 276 Å². The molecule has 16 nitrogen and oxygen atoms in total. The Kier molecular flexibility index (Phi) is 13.7. The number of phenols is 1. The Morgan fingerprint density at radius 1 is 0.959 bits per heavy atom. The van der Waals surface area contributed by atoms with E-state index >= 15 is 0 Å². The predicted molar refractivity (Wildman–Crippen MR) is 153 cm³/mol. The fourth-order valence-corrected chi connectivity index (χ4v) is 5.43. The number of carbonyl (C=O) groups is 6. The second-order valence-corrected chi connectivity index (χ2v) is 11.3. The summed E-state index contributed by atoms with van der Waals surface area (Å²) in [6.45, 7) is 2.26. The highest BCUT2D eigenvalue weighted by molar-refractivity contribution is 8.00. The zero-order chi connectivity index (χ0) is 37.4. The van der Waals surface area contributed by atoms with E-state index in [0.29, 0.717) is 24.2 Å². The molecule has 7 N–H and O–H groups in total. The van der Waals surface area contributed by atoms with Gasteiger partial charge in [0.25, 0.3) is 5.91 Å². The van der Waals surface area contributed by atoms with Gasteiger partial charge in [-0.15, -0.1) is 11.8 Å². The number of phenolic OH excluding ortho intramolecular Hbond substituents is 1. The van der Waals surface area contributed by atoms with Crippen LogP contribution >= 0.6 is 11.8 Å². The lowest BCUT2D eigenvalue weighted by molar-refractivity contribution is -0.193. The predicted octanol–water partition coefficient (Wildman–Crippen LogP) is 0.781. The van der Waals surface area contributed by atoms with Crippen LogP contribution in [0.5, 0.6) is 5.75 Å². The Bertz CT molecular complexity index is 1430. The average Bonchev–Trinajstić information content (AvgIpc) is 3.01. The Morgan fingerprint density at radius 2 is 1.45 bits per heavy atom. The van der Waals surface area contributed by atoms with Crippen molar-refractivity contribution in [1.82, 2.24) is 20.0 Å². The van der Waals surface area contributed by atoms with E-state index in [-0.39, 0.29) is 23.8 Å². The summed E-state index contributed by atoms with van der Waals surface area (Å²) in [5.41, 5.74) is 6.53. The number of β-lactam (4-membered cyclic amide) rings is 1. The van der Waals surface area contributed by atoms with Crippen molar-refractivity contribution in [1.29, 1.82) is 0 Å². The van der Waals surface area contributed by atoms with Crippen LogP contribution in [0.4, 0.5) is 31.1 Å². The summed E-state index contributed by atoms with van der Waals surface area (Å²) >= 11 is 1.28. The number of nitrogens with zero attached hydrogens (tertiary/aromatic N) is 3. The normalized spacial score (nSPS) is 19.9. The third kappa shape index (κ3) is 11.1. The molecule has 0 bridgehead atoms. The number of carbonyl (C=O) groups excluding carboxylic acids is 3. The van der Waals surface area contributed by atoms with Crippen LogP contribution in [0.2, 0.25) is 0 Å². The fourth-order valence-electron chi connectivity index (χ4n) is 4.10. The number of nitrogens with two attached hydrogens (primary N) is 1. The minimum Gasteiger partial charge on any atom is -0.508 e. The molecule has 3 heterocycles. The van der Waals surface area contributed by atoms with Gasteiger partial charge in [-0.1, -0.05) is 12.1 Å². The number of benzene rings is 1. The lowest BCUT2D eigenvalue weighted by Crippen LogP contribution is -2.71. The number of likely N-dealkylation sites (N-methyl/N-ethyl adjacent to an activating group) is 1. The number of carboxylic acids is 3. The van der Waals surface area contributed by atoms with Gasteiger partial charge in [-0.05, 0) is 24.7 Å². The summed E-state index contributed by atoms with van der Waals surface area (Å²) in [6.07, 6.45) is -10.7. The molecular weight excluding hydrogens is 704 g/mol. The largest absolute Gasteiger partial charge is 0.508 e. The van der Waals surface area contributed by atoms with E-state index in [1.165, 1.54) is 36.0 Å². The minimum absolute atomic E-state index is 0.0304. The summed E-state index contributed by atoms with van der Waals surface area (Å²) in [4.78, 5) is 72.4. The lowest BCUT2D eigenvalue weighted by Gasteiger charge is -2.49. The number of nitrogens with one attached hydrogen (secondary N) is 1. The number of piperazine rings is 1. The highest BCUT2D eigenvalue weighted by atomic mass is 32.2. The molecule has 0 aromatic heterocycles. The quantitative estimate of drug-likeness (QED) is 0.175. The second-order valence-electron chi connectivity index (χ2n) is 10.2. The van der Waals surface area contributed by atoms with Gasteiger partial charge in [-0.3, -0.25) is 14.5 Å². The molecule has 2 saturated heterocycles. The molecule has 0 radical (unpaired) electrons. The standard InChI is InChI=1S/C22H27N5O7S.2C2HF3O2/c1-25-6-8-26(9-7-25)22(33)34-10-13-11-35-20-16(19(30)27(20)17(13)21(31)32)24-18(29)15(23)12-2-4-14(28)5-3-12;2*3-2(4,5)1(6)7/h2-5,15-16,20,28H,6-11,23H2,1H3,(H,24,29)(H,31,32);2*(H,6,7)/t15?,16?,20-;;/m0../s1. The van der Waals surface area contributed by atoms with E-state index in [4.69, 9.17) is 30.3 Å². The Morgan fingerprint density at radius 3 is 1.90 bits per heavy atom. The third-order valence-electron chi connectivity index (χ3n) is 6.70. The van der Waals surface area contributed by atoms with Crippen molar-refractivity contribution >= 4 is 47.6 Å². The first kappa shape index (κ1) is 40.4. The molecule has 1 aromatic rings. The van der Waals surface area contributed by atoms with E-state index < -0.39 is 65.6 Å². The highest BCUT2D eigenvalue weighted by Gasteiger charge is 2.54. The first-order valence-electron chi connectivity index (χ1n) is 13.5. The molecule has 1 aromatic carbocycles. The van der Waals surface area contributed by atoms with Crippen LogP contribution in [0, 0.1) is 0 Å². The van der Waals surface area contributed by atoms with Crippen LogP contribution in [0.25, 0.3) is 0 Å². The molecule has 3 atom stereocenters. The number of aromatic hydroxyl groups is 1. The van der Waals surface area contributed by atoms with Crippen LogP contribution in [-0.2, 0) is 28.7 Å². The van der Waals surface area contributed by atoms with Crippen LogP contribution in [0.1, 0.15) is 11.6 Å². The van der Waals surface area contributed by atoms with Gasteiger partial charge in [-0.25, -0.2) is 19.2 Å². The first-order valence-corrected chi connectivity index (χ1v) is 14.6. The maximum absolute atomic E-state index is 12.8. The number of ether oxygens (including phenoxy) is 1. The topological polar surface area (TPSA) is 240 Å². The van der Waals surface area contributed by atoms with E-state index in [2.05, 4.69) is 10.2 Å². The molecule has 3 aliphatic rings. The monoisotopic (exact) mass is 733 g/mol. The molecule has 4 rings (SSSR count). The van der Waals surface area contributed by atoms with Crippen molar-refractivity contribution in [2.75, 3.05) is 45.6 Å². The summed E-state index contributed by atoms with van der Waals surface area (Å²) in [6, 6.07) is 3.81. The lowest BCUT2D eigenvalue weighted by atomic mass is 10.0. The second kappa shape index (κ2) is 16.6. The van der Waals surface area contributed by atoms with Crippen molar-refractivity contribution in [3.05, 3.63) is 41.1 Å². The summed E-state index contributed by atoms with van der Waals surface area (Å²) in [5.74, 6) is -7.74. The van der Waals surface area contributed by atoms with Crippen molar-refractivity contribution < 1.29 is 80.3 Å². The first-order chi connectivity index (χ1) is 22.6. The van der Waals surface area contributed by atoms with Crippen molar-refractivity contribution in [3.63, 3.8) is 0 Å². The minimum atomic E-state index is -5.08. The fraction of sp³-hybridized carbons (Fsp3) is 0.462. The van der Waals surface area contributed by atoms with Gasteiger partial charge >= 0.3 is 36.4 Å². The summed E-state index contributed by atoms with van der Waals surface area (Å²) in [7, 11) is 1.96. The molecule has 0 saturated carbocycles. The number of hydrogen-bond acceptors (Lipinski definition) is 11. The van der Waals surface area contributed by atoms with Crippen molar-refractivity contribution in [3.8, 4) is 5.75 Å². The van der Waals surface area contributed by atoms with E-state index in [9.17, 15) is 55.7 Å². The Hall–Kier alpha value is -4.77. The molecule has 2 fully saturated rings. The maximum Gasteiger partial charge on any atom is 0.490 e. The number of fused-ring (bicyclic) bond motifs is 1. The zero-order valence-corrected chi connectivity index (χ0v) is 25.8. The number of hydrogen-bond donors (Lipinski definition) is 6. The third-order valence-corrected chi connectivity index (χ3v) is 8.04. The molecule has 3 aliphatic heterocycles. The number of thioether (sulfide) groups is 1. The van der Waals surface area contributed by atoms with E-state index in [1.54, 1.807) is 4.90 Å². The number of alkyl halides is 6. The van der Waals surface area contributed by atoms with E-state index in [0.717, 1.165) is 18.0 Å². The van der Waals surface area contributed by atoms with E-state index in [1.807, 2.05) is 7.05 Å². The average molecular weight is 734 g/mol. The molecular formula is C26H29F6N5O11S. The summed E-state index contributed by atoms with van der Waals surface area (Å²) < 4.78 is 68.8. The van der Waals surface area contributed by atoms with Crippen LogP contribution in [-0.4, -0.2) is 140 Å². The zero-order valence-electron chi connectivity index (χ0n) is 25.0. The van der Waals surface area contributed by atoms with Gasteiger partial charge in [0.2, 0.25) is 5.91 Å². The molecule has 0 aliphatic carbocycles. The number of carboxylic acid groups (broad SMARTS) is 3. The van der Waals surface area contributed by atoms with Crippen LogP contribution in [0.15, 0.2) is 35.5 Å². The molecule has 23 heteroatoms. The van der Waals surface area contributed by atoms with Gasteiger partial charge in [0.15, 0.2) is 0 Å². The van der Waals surface area contributed by atoms with Gasteiger partial charge in [0, 0.05) is 37.5 Å².